The second kappa shape index (κ2) is 31.0. The monoisotopic (exact) mass is 1700 g/mol. The Bertz CT molecular complexity index is 9410. The molecule has 3 aliphatic carbocycles. The van der Waals surface area contributed by atoms with E-state index in [0.717, 1.165) is 38.9 Å². The number of hydrogen-bond donors (Lipinski definition) is 0. The van der Waals surface area contributed by atoms with Crippen molar-refractivity contribution in [2.75, 3.05) is 0 Å². The SMILES string of the molecule is c1ccc(-c2nc(-c3ccccc3)nc(-c3ccc4c5c(cc6ccccc6c35)-c3ccccc3-4)n2)cc1.c1ccc2c(c1)-c1ccc(-c3cncc(-c4ccc5cc(-c6ccc7ccccc7c6)ccc5c4)c3)c3c1c-2cc1ccccc13.c1ccc2cc(-c3ccc4cc(-c5cncc(-c6ccc7c8c(cc9ccccc9c68)-c6cc8ccccc8cc6-7)c5)ccc4c3)ccc2c1. The van der Waals surface area contributed by atoms with Crippen molar-refractivity contribution in [1.29, 1.82) is 0 Å². The van der Waals surface area contributed by atoms with Gasteiger partial charge >= 0.3 is 0 Å². The van der Waals surface area contributed by atoms with Crippen molar-refractivity contribution in [3.63, 3.8) is 0 Å². The average molecular weight is 1700 g/mol. The molecule has 0 saturated carbocycles. The van der Waals surface area contributed by atoms with Gasteiger partial charge in [-0.3, -0.25) is 9.97 Å². The van der Waals surface area contributed by atoms with Gasteiger partial charge in [-0.2, -0.15) is 0 Å². The first-order valence-corrected chi connectivity index (χ1v) is 45.9. The molecule has 3 aromatic heterocycles. The van der Waals surface area contributed by atoms with Gasteiger partial charge in [0.15, 0.2) is 17.5 Å². The van der Waals surface area contributed by atoms with E-state index >= 15 is 0 Å². The van der Waals surface area contributed by atoms with Crippen molar-refractivity contribution in [2.45, 2.75) is 0 Å². The number of aromatic nitrogens is 5. The largest absolute Gasteiger partial charge is 0.263 e. The third-order valence-corrected chi connectivity index (χ3v) is 28.0. The van der Waals surface area contributed by atoms with Crippen LogP contribution in [0.3, 0.4) is 0 Å². The van der Waals surface area contributed by atoms with Crippen LogP contribution in [-0.2, 0) is 0 Å². The third kappa shape index (κ3) is 12.7. The van der Waals surface area contributed by atoms with Crippen molar-refractivity contribution >= 4 is 118 Å². The Morgan fingerprint density at radius 3 is 0.746 bits per heavy atom. The van der Waals surface area contributed by atoms with Gasteiger partial charge in [0.2, 0.25) is 0 Å². The van der Waals surface area contributed by atoms with E-state index in [0.29, 0.717) is 17.5 Å². The highest BCUT2D eigenvalue weighted by molar-refractivity contribution is 6.31. The Hall–Kier alpha value is -17.8. The van der Waals surface area contributed by atoms with E-state index in [1.807, 2.05) is 85.5 Å². The molecule has 0 atom stereocenters. The molecule has 23 aromatic carbocycles. The maximum atomic E-state index is 5.06. The fourth-order valence-corrected chi connectivity index (χ4v) is 21.7. The molecule has 0 radical (unpaired) electrons. The highest BCUT2D eigenvalue weighted by Gasteiger charge is 2.30. The summed E-state index contributed by atoms with van der Waals surface area (Å²) in [6, 6.07) is 160. The summed E-state index contributed by atoms with van der Waals surface area (Å²) in [6.07, 6.45) is 8.02. The van der Waals surface area contributed by atoms with Crippen molar-refractivity contribution in [3.8, 4) is 168 Å². The number of hydrogen-bond acceptors (Lipinski definition) is 5. The molecule has 0 amide bonds. The summed E-state index contributed by atoms with van der Waals surface area (Å²) in [4.78, 5) is 24.6. The van der Waals surface area contributed by atoms with E-state index < -0.39 is 0 Å². The minimum Gasteiger partial charge on any atom is -0.263 e. The molecular weight excluding hydrogens is 1620 g/mol. The first kappa shape index (κ1) is 76.3. The number of fused-ring (bicyclic) bond motifs is 20. The number of benzene rings is 23. The Morgan fingerprint density at radius 1 is 0.112 bits per heavy atom. The van der Waals surface area contributed by atoms with Gasteiger partial charge in [-0.1, -0.05) is 358 Å². The maximum Gasteiger partial charge on any atom is 0.164 e. The van der Waals surface area contributed by atoms with Crippen LogP contribution in [0, 0.1) is 0 Å². The average Bonchev–Trinajstić information content (AvgIpc) is 1.57. The van der Waals surface area contributed by atoms with Crippen LogP contribution in [0.15, 0.2) is 468 Å². The van der Waals surface area contributed by atoms with Crippen molar-refractivity contribution in [1.82, 2.24) is 24.9 Å². The topological polar surface area (TPSA) is 64.5 Å². The smallest absolute Gasteiger partial charge is 0.164 e. The lowest BCUT2D eigenvalue weighted by Gasteiger charge is -2.14. The molecule has 0 spiro atoms. The minimum absolute atomic E-state index is 0.672. The molecule has 26 aromatic rings. The van der Waals surface area contributed by atoms with E-state index in [1.165, 1.54) is 230 Å². The summed E-state index contributed by atoms with van der Waals surface area (Å²) in [5.74, 6) is 2.03. The molecule has 134 heavy (non-hydrogen) atoms. The van der Waals surface area contributed by atoms with E-state index in [1.54, 1.807) is 0 Å². The molecule has 0 N–H and O–H groups in total. The van der Waals surface area contributed by atoms with Gasteiger partial charge in [0.1, 0.15) is 0 Å². The zero-order valence-corrected chi connectivity index (χ0v) is 72.7. The predicted octanol–water partition coefficient (Wildman–Crippen LogP) is 34.7. The second-order valence-electron chi connectivity index (χ2n) is 35.6. The van der Waals surface area contributed by atoms with Crippen molar-refractivity contribution in [3.05, 3.63) is 468 Å². The Labute approximate surface area is 773 Å². The summed E-state index contributed by atoms with van der Waals surface area (Å²) >= 11 is 0. The van der Waals surface area contributed by atoms with Crippen LogP contribution < -0.4 is 0 Å². The molecule has 618 valence electrons. The van der Waals surface area contributed by atoms with Crippen LogP contribution >= 0.6 is 0 Å². The van der Waals surface area contributed by atoms with Gasteiger partial charge in [0, 0.05) is 69.1 Å². The summed E-state index contributed by atoms with van der Waals surface area (Å²) in [5.41, 5.74) is 32.8. The van der Waals surface area contributed by atoms with Gasteiger partial charge in [0.05, 0.1) is 0 Å². The number of nitrogens with zero attached hydrogens (tertiary/aromatic N) is 5. The Kier molecular flexibility index (Phi) is 17.6. The lowest BCUT2D eigenvalue weighted by Crippen LogP contribution is -2.00. The van der Waals surface area contributed by atoms with Crippen molar-refractivity contribution in [2.24, 2.45) is 0 Å². The van der Waals surface area contributed by atoms with Crippen LogP contribution in [0.2, 0.25) is 0 Å². The molecule has 0 unspecified atom stereocenters. The molecule has 0 aliphatic heterocycles. The van der Waals surface area contributed by atoms with E-state index in [9.17, 15) is 0 Å². The Balaban J connectivity index is 0.000000103. The zero-order valence-electron chi connectivity index (χ0n) is 72.7. The predicted molar refractivity (Wildman–Crippen MR) is 563 cm³/mol. The van der Waals surface area contributed by atoms with Gasteiger partial charge in [-0.25, -0.2) is 15.0 Å². The van der Waals surface area contributed by atoms with Crippen molar-refractivity contribution < 1.29 is 0 Å². The highest BCUT2D eigenvalue weighted by atomic mass is 15.0. The van der Waals surface area contributed by atoms with Crippen LogP contribution in [0.4, 0.5) is 0 Å². The van der Waals surface area contributed by atoms with Crippen LogP contribution in [0.1, 0.15) is 0 Å². The lowest BCUT2D eigenvalue weighted by molar-refractivity contribution is 1.08. The summed E-state index contributed by atoms with van der Waals surface area (Å²) in [5, 5.41) is 27.8. The van der Waals surface area contributed by atoms with Gasteiger partial charge in [-0.15, -0.1) is 0 Å². The number of pyridine rings is 2. The van der Waals surface area contributed by atoms with E-state index in [-0.39, 0.29) is 0 Å². The van der Waals surface area contributed by atoms with E-state index in [2.05, 4.69) is 382 Å². The van der Waals surface area contributed by atoms with Crippen LogP contribution in [0.5, 0.6) is 0 Å². The maximum absolute atomic E-state index is 5.06. The molecule has 3 heterocycles. The normalized spacial score (nSPS) is 11.9. The van der Waals surface area contributed by atoms with Crippen LogP contribution in [0.25, 0.3) is 286 Å². The molecule has 3 aliphatic rings. The standard InChI is InChI=1S/C49H29N.C45H27N.C35H21N3/c1-2-8-31-21-34(14-13-30(31)7-1)35-15-16-37-23-38(18-17-36(37)22-35)40-24-41(29-50-28-40)43-19-20-44-45-25-32-9-3-4-10-33(32)26-46(45)47-27-39-11-5-6-12-42(39)48(43)49(44)47;1-2-8-29-21-30(14-13-28(29)7-1)31-15-16-33-23-34(18-17-32(33)22-31)36-24-37(27-46-26-36)39-19-20-42-40-11-5-6-12-41(40)43-25-35-9-3-4-10-38(35)44(39)45(42)43;1-3-11-22(12-4-1)33-36-34(23-13-5-2-6-14-23)38-35(37-33)29-20-19-28-26-17-9-10-18-27(26)30-21-24-15-7-8-16-25(24)31(29)32(28)30/h1-29H;1-27H;1-21H. The van der Waals surface area contributed by atoms with E-state index in [4.69, 9.17) is 24.9 Å². The summed E-state index contributed by atoms with van der Waals surface area (Å²) in [6.45, 7) is 0. The van der Waals surface area contributed by atoms with Gasteiger partial charge in [0.25, 0.3) is 0 Å². The minimum atomic E-state index is 0.672. The quantitative estimate of drug-likeness (QED) is 0.135. The molecular formula is C129H77N5. The third-order valence-electron chi connectivity index (χ3n) is 28.0. The first-order chi connectivity index (χ1) is 66.4. The molecule has 29 rings (SSSR count). The molecule has 5 nitrogen and oxygen atoms in total. The zero-order chi connectivity index (χ0) is 88.0. The Morgan fingerprint density at radius 2 is 0.358 bits per heavy atom. The fourth-order valence-electron chi connectivity index (χ4n) is 21.7. The molecule has 0 fully saturated rings. The molecule has 0 saturated heterocycles. The number of rotatable bonds is 9. The summed E-state index contributed by atoms with van der Waals surface area (Å²) < 4.78 is 0. The first-order valence-electron chi connectivity index (χ1n) is 45.9. The molecule has 5 heteroatoms. The lowest BCUT2D eigenvalue weighted by atomic mass is 9.90. The second-order valence-corrected chi connectivity index (χ2v) is 35.6. The molecule has 0 bridgehead atoms. The van der Waals surface area contributed by atoms with Gasteiger partial charge in [-0.05, 0) is 309 Å². The summed E-state index contributed by atoms with van der Waals surface area (Å²) in [7, 11) is 0. The fraction of sp³-hybridized carbons (Fsp3) is 0. The highest BCUT2D eigenvalue weighted by Crippen LogP contribution is 2.57. The van der Waals surface area contributed by atoms with Gasteiger partial charge < -0.3 is 0 Å². The van der Waals surface area contributed by atoms with Crippen LogP contribution in [-0.4, -0.2) is 24.9 Å².